The molecule has 0 aliphatic heterocycles. The highest BCUT2D eigenvalue weighted by Crippen LogP contribution is 2.88. The normalized spacial score (nSPS) is 44.6. The van der Waals surface area contributed by atoms with Crippen LogP contribution in [0.1, 0.15) is 62.5 Å². The van der Waals surface area contributed by atoms with Crippen LogP contribution in [-0.2, 0) is 11.6 Å². The summed E-state index contributed by atoms with van der Waals surface area (Å²) in [6.07, 6.45) is 6.56. The first-order chi connectivity index (χ1) is 11.0. The van der Waals surface area contributed by atoms with Gasteiger partial charge in [-0.3, -0.25) is 0 Å². The number of rotatable bonds is 1. The van der Waals surface area contributed by atoms with Crippen LogP contribution in [0.2, 0.25) is 0 Å². The van der Waals surface area contributed by atoms with E-state index >= 15 is 0 Å². The van der Waals surface area contributed by atoms with E-state index in [0.29, 0.717) is 5.41 Å². The lowest BCUT2D eigenvalue weighted by Crippen LogP contribution is -2.13. The van der Waals surface area contributed by atoms with Gasteiger partial charge in [0.05, 0.1) is 5.56 Å². The van der Waals surface area contributed by atoms with Gasteiger partial charge >= 0.3 is 6.18 Å². The molecule has 124 valence electrons. The summed E-state index contributed by atoms with van der Waals surface area (Å²) in [5.74, 6) is 2.39. The van der Waals surface area contributed by atoms with E-state index in [1.807, 2.05) is 0 Å². The SMILES string of the molecule is FC(F)(F)c1ccc([C@@]23C[C@@H]2CC24CCCCCC[C@H]2[C@H]43)cc1. The molecule has 3 heteroatoms. The number of hydrogen-bond donors (Lipinski definition) is 0. The Labute approximate surface area is 135 Å². The summed E-state index contributed by atoms with van der Waals surface area (Å²) in [5, 5.41) is 0. The maximum atomic E-state index is 12.8. The maximum absolute atomic E-state index is 12.8. The van der Waals surface area contributed by atoms with Crippen molar-refractivity contribution in [1.82, 2.24) is 0 Å². The van der Waals surface area contributed by atoms with Gasteiger partial charge in [0.25, 0.3) is 0 Å². The van der Waals surface area contributed by atoms with E-state index in [1.165, 1.54) is 69.1 Å². The minimum absolute atomic E-state index is 0.249. The topological polar surface area (TPSA) is 0 Å². The molecule has 0 bridgehead atoms. The van der Waals surface area contributed by atoms with E-state index in [9.17, 15) is 13.2 Å². The minimum atomic E-state index is -4.22. The number of fused-ring (bicyclic) bond motifs is 3. The molecule has 0 aromatic heterocycles. The Hall–Kier alpha value is -0.990. The largest absolute Gasteiger partial charge is 0.416 e. The van der Waals surface area contributed by atoms with E-state index in [2.05, 4.69) is 0 Å². The Morgan fingerprint density at radius 3 is 2.39 bits per heavy atom. The minimum Gasteiger partial charge on any atom is -0.166 e. The van der Waals surface area contributed by atoms with Crippen LogP contribution in [0.25, 0.3) is 0 Å². The molecule has 4 aliphatic rings. The summed E-state index contributed by atoms with van der Waals surface area (Å²) >= 11 is 0. The van der Waals surface area contributed by atoms with Crippen molar-refractivity contribution in [3.8, 4) is 0 Å². The van der Waals surface area contributed by atoms with Crippen LogP contribution in [0.3, 0.4) is 0 Å². The summed E-state index contributed by atoms with van der Waals surface area (Å²) in [5.41, 5.74) is 1.51. The number of hydrogen-bond acceptors (Lipinski definition) is 0. The summed E-state index contributed by atoms with van der Waals surface area (Å²) in [7, 11) is 0. The number of benzene rings is 1. The van der Waals surface area contributed by atoms with Crippen molar-refractivity contribution in [2.75, 3.05) is 0 Å². The number of halogens is 3. The van der Waals surface area contributed by atoms with Crippen LogP contribution in [0.4, 0.5) is 13.2 Å². The lowest BCUT2D eigenvalue weighted by Gasteiger charge is -2.18. The van der Waals surface area contributed by atoms with Gasteiger partial charge in [0.2, 0.25) is 0 Å². The molecule has 1 aromatic rings. The lowest BCUT2D eigenvalue weighted by molar-refractivity contribution is -0.137. The molecular weight excluding hydrogens is 297 g/mol. The molecule has 0 saturated heterocycles. The van der Waals surface area contributed by atoms with Gasteiger partial charge in [-0.25, -0.2) is 0 Å². The van der Waals surface area contributed by atoms with E-state index < -0.39 is 11.7 Å². The summed E-state index contributed by atoms with van der Waals surface area (Å²) < 4.78 is 38.5. The molecule has 4 saturated carbocycles. The van der Waals surface area contributed by atoms with Crippen LogP contribution >= 0.6 is 0 Å². The van der Waals surface area contributed by atoms with Crippen LogP contribution in [0.15, 0.2) is 24.3 Å². The van der Waals surface area contributed by atoms with Crippen LogP contribution < -0.4 is 0 Å². The third-order valence-corrected chi connectivity index (χ3v) is 7.64. The van der Waals surface area contributed by atoms with E-state index in [1.54, 1.807) is 12.1 Å². The predicted molar refractivity (Wildman–Crippen MR) is 83.0 cm³/mol. The Morgan fingerprint density at radius 1 is 0.913 bits per heavy atom. The van der Waals surface area contributed by atoms with E-state index in [-0.39, 0.29) is 5.41 Å². The monoisotopic (exact) mass is 320 g/mol. The van der Waals surface area contributed by atoms with Gasteiger partial charge < -0.3 is 0 Å². The molecular formula is C20H23F3. The molecule has 1 aromatic carbocycles. The molecule has 4 aliphatic carbocycles. The number of alkyl halides is 3. The maximum Gasteiger partial charge on any atom is 0.416 e. The van der Waals surface area contributed by atoms with Crippen molar-refractivity contribution in [1.29, 1.82) is 0 Å². The molecule has 0 amide bonds. The van der Waals surface area contributed by atoms with Crippen molar-refractivity contribution in [3.63, 3.8) is 0 Å². The van der Waals surface area contributed by atoms with Gasteiger partial charge in [-0.05, 0) is 66.5 Å². The van der Waals surface area contributed by atoms with Gasteiger partial charge in [-0.15, -0.1) is 0 Å². The van der Waals surface area contributed by atoms with Crippen molar-refractivity contribution in [2.45, 2.75) is 63.0 Å². The van der Waals surface area contributed by atoms with Crippen molar-refractivity contribution in [2.24, 2.45) is 23.2 Å². The first-order valence-corrected chi connectivity index (χ1v) is 9.16. The third-order valence-electron chi connectivity index (χ3n) is 7.64. The second kappa shape index (κ2) is 4.34. The molecule has 5 rings (SSSR count). The highest BCUT2D eigenvalue weighted by Gasteiger charge is 2.83. The highest BCUT2D eigenvalue weighted by molar-refractivity contribution is 5.46. The smallest absolute Gasteiger partial charge is 0.166 e. The van der Waals surface area contributed by atoms with Gasteiger partial charge in [-0.2, -0.15) is 13.2 Å². The summed E-state index contributed by atoms with van der Waals surface area (Å²) in [4.78, 5) is 0. The molecule has 0 N–H and O–H groups in total. The predicted octanol–water partition coefficient (Wildman–Crippen LogP) is 5.95. The fourth-order valence-electron chi connectivity index (χ4n) is 6.74. The Bertz CT molecular complexity index is 631. The Kier molecular flexibility index (Phi) is 2.71. The Balaban J connectivity index is 1.46. The fraction of sp³-hybridized carbons (Fsp3) is 0.700. The average molecular weight is 320 g/mol. The molecule has 1 spiro atoms. The van der Waals surface area contributed by atoms with Gasteiger partial charge in [0, 0.05) is 5.41 Å². The third kappa shape index (κ3) is 1.80. The molecule has 0 heterocycles. The zero-order valence-corrected chi connectivity index (χ0v) is 13.3. The zero-order valence-electron chi connectivity index (χ0n) is 13.3. The molecule has 23 heavy (non-hydrogen) atoms. The van der Waals surface area contributed by atoms with Gasteiger partial charge in [0.1, 0.15) is 0 Å². The van der Waals surface area contributed by atoms with E-state index in [4.69, 9.17) is 0 Å². The fourth-order valence-corrected chi connectivity index (χ4v) is 6.74. The van der Waals surface area contributed by atoms with Crippen LogP contribution in [0.5, 0.6) is 0 Å². The van der Waals surface area contributed by atoms with Crippen molar-refractivity contribution < 1.29 is 13.2 Å². The summed E-state index contributed by atoms with van der Waals surface area (Å²) in [6.45, 7) is 0. The summed E-state index contributed by atoms with van der Waals surface area (Å²) in [6, 6.07) is 6.17. The second-order valence-corrected chi connectivity index (χ2v) is 8.49. The molecule has 0 radical (unpaired) electrons. The standard InChI is InChI=1S/C20H23F3/c21-20(22,23)14-8-6-13(7-9-14)19-12-15(19)11-18-10-4-2-1-3-5-16(18)17(18)19/h6-9,15-17H,1-5,10-12H2/t15-,16-,17+,18?,19-/m0/s1. The molecule has 4 fully saturated rings. The highest BCUT2D eigenvalue weighted by atomic mass is 19.4. The van der Waals surface area contributed by atoms with Crippen molar-refractivity contribution in [3.05, 3.63) is 35.4 Å². The second-order valence-electron chi connectivity index (χ2n) is 8.49. The first kappa shape index (κ1) is 14.4. The lowest BCUT2D eigenvalue weighted by atomic mass is 9.87. The van der Waals surface area contributed by atoms with Gasteiger partial charge in [-0.1, -0.05) is 37.8 Å². The zero-order chi connectivity index (χ0) is 15.9. The molecule has 1 unspecified atom stereocenters. The Morgan fingerprint density at radius 2 is 1.65 bits per heavy atom. The van der Waals surface area contributed by atoms with Gasteiger partial charge in [0.15, 0.2) is 0 Å². The quantitative estimate of drug-likeness (QED) is 0.599. The molecule has 5 atom stereocenters. The first-order valence-electron chi connectivity index (χ1n) is 9.16. The molecule has 0 nitrogen and oxygen atoms in total. The van der Waals surface area contributed by atoms with Crippen molar-refractivity contribution >= 4 is 0 Å². The van der Waals surface area contributed by atoms with Crippen LogP contribution in [-0.4, -0.2) is 0 Å². The van der Waals surface area contributed by atoms with E-state index in [0.717, 1.165) is 17.8 Å². The van der Waals surface area contributed by atoms with Crippen LogP contribution in [0, 0.1) is 23.2 Å². The average Bonchev–Trinajstić information content (AvgIpc) is 3.33.